The van der Waals surface area contributed by atoms with E-state index in [1.54, 1.807) is 0 Å². The highest BCUT2D eigenvalue weighted by Gasteiger charge is 2.06. The number of rotatable bonds is 4. The van der Waals surface area contributed by atoms with E-state index in [0.717, 1.165) is 32.5 Å². The normalized spacial score (nSPS) is 10.7. The second-order valence-corrected chi connectivity index (χ2v) is 5.55. The van der Waals surface area contributed by atoms with Gasteiger partial charge in [-0.15, -0.1) is 0 Å². The summed E-state index contributed by atoms with van der Waals surface area (Å²) in [5.41, 5.74) is 3.20. The zero-order valence-electron chi connectivity index (χ0n) is 10.3. The molecule has 96 valence electrons. The molecule has 0 fully saturated rings. The predicted molar refractivity (Wildman–Crippen MR) is 79.1 cm³/mol. The lowest BCUT2D eigenvalue weighted by atomic mass is 10.2. The summed E-state index contributed by atoms with van der Waals surface area (Å²) in [6, 6.07) is 8.05. The van der Waals surface area contributed by atoms with E-state index in [1.807, 2.05) is 36.9 Å². The lowest BCUT2D eigenvalue weighted by Gasteiger charge is -2.10. The molecule has 2 rings (SSSR count). The molecule has 0 aliphatic rings. The van der Waals surface area contributed by atoms with Gasteiger partial charge in [0.05, 0.1) is 11.4 Å². The minimum Gasteiger partial charge on any atom is -0.487 e. The van der Waals surface area contributed by atoms with E-state index in [0.29, 0.717) is 6.61 Å². The molecule has 0 bridgehead atoms. The van der Waals surface area contributed by atoms with Crippen molar-refractivity contribution in [3.05, 3.63) is 45.7 Å². The van der Waals surface area contributed by atoms with Crippen molar-refractivity contribution in [2.75, 3.05) is 0 Å². The first-order chi connectivity index (χ1) is 8.60. The van der Waals surface area contributed by atoms with Crippen molar-refractivity contribution in [2.45, 2.75) is 18.9 Å². The summed E-state index contributed by atoms with van der Waals surface area (Å²) >= 11 is 6.93. The van der Waals surface area contributed by atoms with Crippen molar-refractivity contribution in [2.24, 2.45) is 7.05 Å². The standard InChI is InChI=1S/C13H14Br2N2O/c1-9-5-12(17(2)16-9)8-18-13-4-3-11(15)6-10(13)7-14/h3-6H,7-8H2,1-2H3. The van der Waals surface area contributed by atoms with Gasteiger partial charge >= 0.3 is 0 Å². The summed E-state index contributed by atoms with van der Waals surface area (Å²) in [6.45, 7) is 2.51. The van der Waals surface area contributed by atoms with Gasteiger partial charge in [0.25, 0.3) is 0 Å². The summed E-state index contributed by atoms with van der Waals surface area (Å²) in [5.74, 6) is 0.897. The van der Waals surface area contributed by atoms with Crippen LogP contribution in [-0.2, 0) is 19.0 Å². The van der Waals surface area contributed by atoms with Crippen LogP contribution in [0.5, 0.6) is 5.75 Å². The minimum atomic E-state index is 0.527. The third-order valence-corrected chi connectivity index (χ3v) is 3.74. The smallest absolute Gasteiger partial charge is 0.130 e. The van der Waals surface area contributed by atoms with Gasteiger partial charge in [0.1, 0.15) is 12.4 Å². The average molecular weight is 374 g/mol. The number of benzene rings is 1. The molecule has 0 saturated heterocycles. The van der Waals surface area contributed by atoms with Gasteiger partial charge in [-0.1, -0.05) is 31.9 Å². The van der Waals surface area contributed by atoms with Gasteiger partial charge in [0.15, 0.2) is 0 Å². The number of hydrogen-bond acceptors (Lipinski definition) is 2. The first-order valence-corrected chi connectivity index (χ1v) is 7.48. The molecule has 3 nitrogen and oxygen atoms in total. The van der Waals surface area contributed by atoms with Crippen LogP contribution < -0.4 is 4.74 Å². The molecule has 18 heavy (non-hydrogen) atoms. The van der Waals surface area contributed by atoms with Crippen LogP contribution in [0, 0.1) is 6.92 Å². The average Bonchev–Trinajstić information content (AvgIpc) is 2.66. The fourth-order valence-corrected chi connectivity index (χ4v) is 2.59. The number of aryl methyl sites for hydroxylation is 2. The zero-order valence-corrected chi connectivity index (χ0v) is 13.5. The van der Waals surface area contributed by atoms with Crippen LogP contribution in [0.4, 0.5) is 0 Å². The molecule has 0 atom stereocenters. The fourth-order valence-electron chi connectivity index (χ4n) is 1.74. The molecule has 1 aromatic carbocycles. The number of halogens is 2. The third-order valence-electron chi connectivity index (χ3n) is 2.64. The highest BCUT2D eigenvalue weighted by atomic mass is 79.9. The van der Waals surface area contributed by atoms with Crippen molar-refractivity contribution < 1.29 is 4.74 Å². The van der Waals surface area contributed by atoms with Gasteiger partial charge in [0.2, 0.25) is 0 Å². The van der Waals surface area contributed by atoms with Crippen molar-refractivity contribution in [3.63, 3.8) is 0 Å². The van der Waals surface area contributed by atoms with Gasteiger partial charge in [0, 0.05) is 22.4 Å². The Morgan fingerprint density at radius 1 is 1.33 bits per heavy atom. The molecule has 0 saturated carbocycles. The summed E-state index contributed by atoms with van der Waals surface area (Å²) in [4.78, 5) is 0. The van der Waals surface area contributed by atoms with E-state index >= 15 is 0 Å². The molecule has 0 aliphatic heterocycles. The van der Waals surface area contributed by atoms with Gasteiger partial charge in [-0.25, -0.2) is 0 Å². The van der Waals surface area contributed by atoms with Crippen molar-refractivity contribution in [1.29, 1.82) is 0 Å². The Balaban J connectivity index is 2.13. The Morgan fingerprint density at radius 3 is 2.72 bits per heavy atom. The second kappa shape index (κ2) is 5.89. The number of aromatic nitrogens is 2. The number of nitrogens with zero attached hydrogens (tertiary/aromatic N) is 2. The fraction of sp³-hybridized carbons (Fsp3) is 0.308. The largest absolute Gasteiger partial charge is 0.487 e. The maximum Gasteiger partial charge on any atom is 0.130 e. The molecular formula is C13H14Br2N2O. The van der Waals surface area contributed by atoms with Crippen molar-refractivity contribution >= 4 is 31.9 Å². The van der Waals surface area contributed by atoms with Crippen LogP contribution in [0.15, 0.2) is 28.7 Å². The van der Waals surface area contributed by atoms with Crippen LogP contribution in [0.2, 0.25) is 0 Å². The van der Waals surface area contributed by atoms with Crippen molar-refractivity contribution in [1.82, 2.24) is 9.78 Å². The molecular weight excluding hydrogens is 360 g/mol. The number of alkyl halides is 1. The lowest BCUT2D eigenvalue weighted by Crippen LogP contribution is -2.04. The van der Waals surface area contributed by atoms with E-state index in [2.05, 4.69) is 43.0 Å². The van der Waals surface area contributed by atoms with Crippen LogP contribution >= 0.6 is 31.9 Å². The van der Waals surface area contributed by atoms with Gasteiger partial charge in [-0.2, -0.15) is 5.10 Å². The first kappa shape index (κ1) is 13.6. The van der Waals surface area contributed by atoms with Crippen LogP contribution in [0.1, 0.15) is 17.0 Å². The molecule has 1 aromatic heterocycles. The van der Waals surface area contributed by atoms with Crippen LogP contribution in [0.25, 0.3) is 0 Å². The highest BCUT2D eigenvalue weighted by molar-refractivity contribution is 9.10. The Labute approximate surface area is 123 Å². The van der Waals surface area contributed by atoms with Crippen LogP contribution in [0.3, 0.4) is 0 Å². The van der Waals surface area contributed by atoms with Gasteiger partial charge in [-0.3, -0.25) is 4.68 Å². The van der Waals surface area contributed by atoms with Gasteiger partial charge < -0.3 is 4.74 Å². The molecule has 1 heterocycles. The topological polar surface area (TPSA) is 27.1 Å². The van der Waals surface area contributed by atoms with E-state index in [4.69, 9.17) is 4.74 Å². The number of ether oxygens (including phenoxy) is 1. The number of hydrogen-bond donors (Lipinski definition) is 0. The first-order valence-electron chi connectivity index (χ1n) is 5.57. The van der Waals surface area contributed by atoms with Gasteiger partial charge in [-0.05, 0) is 31.2 Å². The monoisotopic (exact) mass is 372 g/mol. The summed E-state index contributed by atoms with van der Waals surface area (Å²) in [5, 5.41) is 5.07. The zero-order chi connectivity index (χ0) is 13.1. The lowest BCUT2D eigenvalue weighted by molar-refractivity contribution is 0.292. The predicted octanol–water partition coefficient (Wildman–Crippen LogP) is 3.96. The molecule has 0 N–H and O–H groups in total. The Kier molecular flexibility index (Phi) is 4.45. The Bertz CT molecular complexity index is 552. The van der Waals surface area contributed by atoms with E-state index in [-0.39, 0.29) is 0 Å². The van der Waals surface area contributed by atoms with E-state index in [9.17, 15) is 0 Å². The highest BCUT2D eigenvalue weighted by Crippen LogP contribution is 2.26. The quantitative estimate of drug-likeness (QED) is 0.758. The molecule has 0 unspecified atom stereocenters. The van der Waals surface area contributed by atoms with E-state index < -0.39 is 0 Å². The van der Waals surface area contributed by atoms with Crippen LogP contribution in [-0.4, -0.2) is 9.78 Å². The summed E-state index contributed by atoms with van der Waals surface area (Å²) in [7, 11) is 1.93. The minimum absolute atomic E-state index is 0.527. The maximum atomic E-state index is 5.85. The Morgan fingerprint density at radius 2 is 2.11 bits per heavy atom. The molecule has 0 radical (unpaired) electrons. The molecule has 0 aliphatic carbocycles. The molecule has 5 heteroatoms. The SMILES string of the molecule is Cc1cc(COc2ccc(Br)cc2CBr)n(C)n1. The summed E-state index contributed by atoms with van der Waals surface area (Å²) < 4.78 is 8.76. The molecule has 2 aromatic rings. The van der Waals surface area contributed by atoms with E-state index in [1.165, 1.54) is 0 Å². The molecule has 0 spiro atoms. The second-order valence-electron chi connectivity index (χ2n) is 4.08. The maximum absolute atomic E-state index is 5.85. The van der Waals surface area contributed by atoms with Crippen molar-refractivity contribution in [3.8, 4) is 5.75 Å². The Hall–Kier alpha value is -0.810. The molecule has 0 amide bonds. The summed E-state index contributed by atoms with van der Waals surface area (Å²) in [6.07, 6.45) is 0. The third kappa shape index (κ3) is 3.14.